The summed E-state index contributed by atoms with van der Waals surface area (Å²) >= 11 is 1.62. The number of thiophene rings is 1. The van der Waals surface area contributed by atoms with E-state index >= 15 is 0 Å². The zero-order chi connectivity index (χ0) is 17.6. The monoisotopic (exact) mass is 352 g/mol. The van der Waals surface area contributed by atoms with Gasteiger partial charge in [-0.25, -0.2) is 0 Å². The fourth-order valence-electron chi connectivity index (χ4n) is 3.20. The molecule has 1 aliphatic rings. The molecule has 130 valence electrons. The Labute approximate surface area is 153 Å². The minimum atomic E-state index is 0.677. The lowest BCUT2D eigenvalue weighted by molar-refractivity contribution is 0.149. The predicted molar refractivity (Wildman–Crippen MR) is 105 cm³/mol. The summed E-state index contributed by atoms with van der Waals surface area (Å²) in [6.07, 6.45) is 3.82. The van der Waals surface area contributed by atoms with Crippen LogP contribution in [-0.2, 0) is 6.54 Å². The Hall–Kier alpha value is -2.29. The van der Waals surface area contributed by atoms with Crippen LogP contribution in [-0.4, -0.2) is 29.6 Å². The second kappa shape index (κ2) is 8.19. The van der Waals surface area contributed by atoms with Crippen molar-refractivity contribution in [2.45, 2.75) is 25.8 Å². The van der Waals surface area contributed by atoms with Crippen molar-refractivity contribution in [2.75, 3.05) is 25.5 Å². The molecule has 1 aromatic heterocycles. The predicted octanol–water partition coefficient (Wildman–Crippen LogP) is 4.12. The number of anilines is 1. The molecule has 0 atom stereocenters. The summed E-state index contributed by atoms with van der Waals surface area (Å²) in [4.78, 5) is 5.83. The molecule has 0 amide bonds. The van der Waals surface area contributed by atoms with E-state index in [0.29, 0.717) is 6.54 Å². The van der Waals surface area contributed by atoms with E-state index in [2.05, 4.69) is 22.4 Å². The van der Waals surface area contributed by atoms with E-state index in [9.17, 15) is 5.26 Å². The SMILES string of the molecule is C=C(c1cc(N)cs1)N(Cc1ccccc1C#N)CN1CCCCC1. The van der Waals surface area contributed by atoms with E-state index in [1.54, 1.807) is 11.3 Å². The average molecular weight is 353 g/mol. The number of nitriles is 1. The van der Waals surface area contributed by atoms with Gasteiger partial charge in [0, 0.05) is 23.3 Å². The van der Waals surface area contributed by atoms with Crippen LogP contribution < -0.4 is 5.73 Å². The summed E-state index contributed by atoms with van der Waals surface area (Å²) in [6.45, 7) is 8.08. The Morgan fingerprint density at radius 2 is 2.04 bits per heavy atom. The van der Waals surface area contributed by atoms with E-state index in [0.717, 1.165) is 47.1 Å². The van der Waals surface area contributed by atoms with Gasteiger partial charge in [0.15, 0.2) is 0 Å². The van der Waals surface area contributed by atoms with Crippen molar-refractivity contribution >= 4 is 22.7 Å². The van der Waals surface area contributed by atoms with Crippen molar-refractivity contribution in [2.24, 2.45) is 0 Å². The number of nitrogen functional groups attached to an aromatic ring is 1. The van der Waals surface area contributed by atoms with Gasteiger partial charge in [-0.3, -0.25) is 4.90 Å². The molecular weight excluding hydrogens is 328 g/mol. The van der Waals surface area contributed by atoms with Gasteiger partial charge in [0.05, 0.1) is 23.2 Å². The fourth-order valence-corrected chi connectivity index (χ4v) is 4.00. The van der Waals surface area contributed by atoms with Crippen molar-refractivity contribution in [3.05, 3.63) is 58.3 Å². The lowest BCUT2D eigenvalue weighted by Gasteiger charge is -2.35. The summed E-state index contributed by atoms with van der Waals surface area (Å²) in [7, 11) is 0. The van der Waals surface area contributed by atoms with Gasteiger partial charge in [0.25, 0.3) is 0 Å². The van der Waals surface area contributed by atoms with Crippen LogP contribution in [0.15, 0.2) is 42.3 Å². The molecular formula is C20H24N4S. The van der Waals surface area contributed by atoms with Crippen LogP contribution in [0.2, 0.25) is 0 Å². The Morgan fingerprint density at radius 3 is 2.72 bits per heavy atom. The van der Waals surface area contributed by atoms with Crippen molar-refractivity contribution in [3.63, 3.8) is 0 Å². The topological polar surface area (TPSA) is 56.3 Å². The molecule has 0 radical (unpaired) electrons. The average Bonchev–Trinajstić information content (AvgIpc) is 3.08. The van der Waals surface area contributed by atoms with Gasteiger partial charge in [-0.2, -0.15) is 5.26 Å². The summed E-state index contributed by atoms with van der Waals surface area (Å²) in [6, 6.07) is 12.1. The first-order chi connectivity index (χ1) is 12.2. The number of hydrogen-bond donors (Lipinski definition) is 1. The zero-order valence-electron chi connectivity index (χ0n) is 14.4. The van der Waals surface area contributed by atoms with Crippen molar-refractivity contribution in [1.29, 1.82) is 5.26 Å². The van der Waals surface area contributed by atoms with Crippen LogP contribution in [0, 0.1) is 11.3 Å². The van der Waals surface area contributed by atoms with E-state index in [1.165, 1.54) is 19.3 Å². The van der Waals surface area contributed by atoms with Gasteiger partial charge in [-0.05, 0) is 43.6 Å². The first-order valence-corrected chi connectivity index (χ1v) is 9.54. The number of hydrogen-bond acceptors (Lipinski definition) is 5. The fraction of sp³-hybridized carbons (Fsp3) is 0.350. The number of benzene rings is 1. The van der Waals surface area contributed by atoms with Gasteiger partial charge in [-0.1, -0.05) is 31.2 Å². The van der Waals surface area contributed by atoms with Crippen LogP contribution in [0.5, 0.6) is 0 Å². The minimum Gasteiger partial charge on any atom is -0.398 e. The normalized spacial score (nSPS) is 14.8. The van der Waals surface area contributed by atoms with Gasteiger partial charge < -0.3 is 10.6 Å². The van der Waals surface area contributed by atoms with Crippen LogP contribution in [0.3, 0.4) is 0 Å². The molecule has 25 heavy (non-hydrogen) atoms. The maximum atomic E-state index is 9.40. The van der Waals surface area contributed by atoms with Gasteiger partial charge in [0.1, 0.15) is 0 Å². The summed E-state index contributed by atoms with van der Waals surface area (Å²) in [5.41, 5.74) is 9.40. The second-order valence-electron chi connectivity index (χ2n) is 6.48. The smallest absolute Gasteiger partial charge is 0.0995 e. The summed E-state index contributed by atoms with van der Waals surface area (Å²) in [5.74, 6) is 0. The maximum absolute atomic E-state index is 9.40. The van der Waals surface area contributed by atoms with Crippen molar-refractivity contribution in [3.8, 4) is 6.07 Å². The molecule has 5 heteroatoms. The minimum absolute atomic E-state index is 0.677. The first kappa shape index (κ1) is 17.5. The van der Waals surface area contributed by atoms with E-state index in [-0.39, 0.29) is 0 Å². The highest BCUT2D eigenvalue weighted by Crippen LogP contribution is 2.28. The maximum Gasteiger partial charge on any atom is 0.0995 e. The summed E-state index contributed by atoms with van der Waals surface area (Å²) in [5, 5.41) is 11.3. The van der Waals surface area contributed by atoms with E-state index < -0.39 is 0 Å². The molecule has 2 heterocycles. The molecule has 0 spiro atoms. The number of rotatable bonds is 6. The number of piperidine rings is 1. The van der Waals surface area contributed by atoms with Gasteiger partial charge in [-0.15, -0.1) is 11.3 Å². The Kier molecular flexibility index (Phi) is 5.75. The van der Waals surface area contributed by atoms with Gasteiger partial charge >= 0.3 is 0 Å². The third kappa shape index (κ3) is 4.41. The molecule has 0 aliphatic carbocycles. The number of nitrogens with zero attached hydrogens (tertiary/aromatic N) is 3. The third-order valence-corrected chi connectivity index (χ3v) is 5.60. The van der Waals surface area contributed by atoms with Crippen LogP contribution in [0.1, 0.15) is 35.3 Å². The molecule has 0 unspecified atom stereocenters. The Bertz CT molecular complexity index is 768. The largest absolute Gasteiger partial charge is 0.398 e. The number of likely N-dealkylation sites (tertiary alicyclic amines) is 1. The first-order valence-electron chi connectivity index (χ1n) is 8.66. The van der Waals surface area contributed by atoms with E-state index in [4.69, 9.17) is 5.73 Å². The highest BCUT2D eigenvalue weighted by atomic mass is 32.1. The molecule has 1 aliphatic heterocycles. The molecule has 1 fully saturated rings. The summed E-state index contributed by atoms with van der Waals surface area (Å²) < 4.78 is 0. The Morgan fingerprint density at radius 1 is 1.28 bits per heavy atom. The highest BCUT2D eigenvalue weighted by Gasteiger charge is 2.18. The van der Waals surface area contributed by atoms with Crippen LogP contribution >= 0.6 is 11.3 Å². The van der Waals surface area contributed by atoms with Gasteiger partial charge in [0.2, 0.25) is 0 Å². The molecule has 2 aromatic rings. The molecule has 1 aromatic carbocycles. The lowest BCUT2D eigenvalue weighted by Crippen LogP contribution is -2.39. The zero-order valence-corrected chi connectivity index (χ0v) is 15.3. The second-order valence-corrected chi connectivity index (χ2v) is 7.39. The molecule has 1 saturated heterocycles. The molecule has 2 N–H and O–H groups in total. The molecule has 4 nitrogen and oxygen atoms in total. The van der Waals surface area contributed by atoms with E-state index in [1.807, 2.05) is 35.7 Å². The number of nitrogens with two attached hydrogens (primary N) is 1. The quantitative estimate of drug-likeness (QED) is 0.850. The third-order valence-electron chi connectivity index (χ3n) is 4.60. The lowest BCUT2D eigenvalue weighted by atomic mass is 10.1. The standard InChI is InChI=1S/C20H24N4S/c1-16(20-11-19(22)14-25-20)24(15-23-9-5-2-6-10-23)13-18-8-4-3-7-17(18)12-21/h3-4,7-8,11,14H,1-2,5-6,9-10,13,15,22H2. The van der Waals surface area contributed by atoms with Crippen molar-refractivity contribution in [1.82, 2.24) is 9.80 Å². The van der Waals surface area contributed by atoms with Crippen LogP contribution in [0.25, 0.3) is 5.70 Å². The Balaban J connectivity index is 1.82. The molecule has 0 bridgehead atoms. The van der Waals surface area contributed by atoms with Crippen LogP contribution in [0.4, 0.5) is 5.69 Å². The highest BCUT2D eigenvalue weighted by molar-refractivity contribution is 7.11. The molecule has 3 rings (SSSR count). The van der Waals surface area contributed by atoms with Crippen molar-refractivity contribution < 1.29 is 0 Å². The molecule has 0 saturated carbocycles.